The number of benzene rings is 1. The molecule has 0 aliphatic rings. The standard InChI is InChI=1S/C9H8FN3O2/c10-6-2-1-3-7(8(6)9(14)15)13-12-5-4-11/h1-5,11,13H,(H,14,15)/b11-4?,12-5-. The van der Waals surface area contributed by atoms with Gasteiger partial charge in [0.1, 0.15) is 11.4 Å². The van der Waals surface area contributed by atoms with E-state index in [1.807, 2.05) is 0 Å². The summed E-state index contributed by atoms with van der Waals surface area (Å²) in [6.07, 6.45) is 2.02. The summed E-state index contributed by atoms with van der Waals surface area (Å²) in [5.41, 5.74) is 1.90. The molecule has 0 spiro atoms. The number of anilines is 1. The van der Waals surface area contributed by atoms with Crippen LogP contribution in [0.4, 0.5) is 10.1 Å². The lowest BCUT2D eigenvalue weighted by Crippen LogP contribution is -2.05. The number of carboxylic acids is 1. The summed E-state index contributed by atoms with van der Waals surface area (Å²) >= 11 is 0. The highest BCUT2D eigenvalue weighted by Gasteiger charge is 2.14. The molecule has 3 N–H and O–H groups in total. The largest absolute Gasteiger partial charge is 0.478 e. The van der Waals surface area contributed by atoms with Gasteiger partial charge in [-0.1, -0.05) is 6.07 Å². The van der Waals surface area contributed by atoms with E-state index in [4.69, 9.17) is 10.5 Å². The molecule has 0 bridgehead atoms. The first kappa shape index (κ1) is 10.8. The SMILES string of the molecule is N=C/C=N\Nc1cccc(F)c1C(=O)O. The van der Waals surface area contributed by atoms with Crippen molar-refractivity contribution in [2.45, 2.75) is 0 Å². The number of carbonyl (C=O) groups is 1. The Bertz CT molecular complexity index is 418. The number of hydrogen-bond acceptors (Lipinski definition) is 4. The highest BCUT2D eigenvalue weighted by molar-refractivity contribution is 6.14. The molecular formula is C9H8FN3O2. The Labute approximate surface area is 84.7 Å². The van der Waals surface area contributed by atoms with Crippen molar-refractivity contribution in [3.8, 4) is 0 Å². The Morgan fingerprint density at radius 1 is 1.60 bits per heavy atom. The lowest BCUT2D eigenvalue weighted by atomic mass is 10.2. The maximum atomic E-state index is 13.1. The van der Waals surface area contributed by atoms with Crippen LogP contribution >= 0.6 is 0 Å². The third-order valence-corrected chi connectivity index (χ3v) is 1.56. The fraction of sp³-hybridized carbons (Fsp3) is 0. The first-order valence-corrected chi connectivity index (χ1v) is 3.96. The van der Waals surface area contributed by atoms with Crippen molar-refractivity contribution in [2.75, 3.05) is 5.43 Å². The van der Waals surface area contributed by atoms with E-state index in [0.717, 1.165) is 18.5 Å². The van der Waals surface area contributed by atoms with Crippen molar-refractivity contribution in [1.82, 2.24) is 0 Å². The number of halogens is 1. The molecule has 0 radical (unpaired) electrons. The maximum absolute atomic E-state index is 13.1. The second-order valence-corrected chi connectivity index (χ2v) is 2.52. The van der Waals surface area contributed by atoms with Gasteiger partial charge in [-0.25, -0.2) is 9.18 Å². The van der Waals surface area contributed by atoms with Crippen molar-refractivity contribution >= 4 is 24.1 Å². The number of rotatable bonds is 4. The van der Waals surface area contributed by atoms with E-state index in [2.05, 4.69) is 10.5 Å². The second-order valence-electron chi connectivity index (χ2n) is 2.52. The van der Waals surface area contributed by atoms with Gasteiger partial charge in [0.2, 0.25) is 0 Å². The van der Waals surface area contributed by atoms with Crippen LogP contribution in [0, 0.1) is 11.2 Å². The number of hydrazone groups is 1. The topological polar surface area (TPSA) is 85.5 Å². The number of hydrogen-bond donors (Lipinski definition) is 3. The van der Waals surface area contributed by atoms with Crippen LogP contribution in [0.2, 0.25) is 0 Å². The first-order valence-electron chi connectivity index (χ1n) is 3.96. The van der Waals surface area contributed by atoms with Gasteiger partial charge in [-0.15, -0.1) is 0 Å². The van der Waals surface area contributed by atoms with Crippen LogP contribution in [0.25, 0.3) is 0 Å². The molecule has 1 aromatic carbocycles. The minimum absolute atomic E-state index is 0.0422. The van der Waals surface area contributed by atoms with Gasteiger partial charge in [-0.2, -0.15) is 5.10 Å². The van der Waals surface area contributed by atoms with Crippen molar-refractivity contribution in [2.24, 2.45) is 5.10 Å². The van der Waals surface area contributed by atoms with Gasteiger partial charge in [-0.3, -0.25) is 5.43 Å². The van der Waals surface area contributed by atoms with Gasteiger partial charge >= 0.3 is 5.97 Å². The highest BCUT2D eigenvalue weighted by Crippen LogP contribution is 2.18. The van der Waals surface area contributed by atoms with Crippen molar-refractivity contribution < 1.29 is 14.3 Å². The Kier molecular flexibility index (Phi) is 3.50. The molecule has 0 unspecified atom stereocenters. The fourth-order valence-corrected chi connectivity index (χ4v) is 0.979. The molecule has 15 heavy (non-hydrogen) atoms. The summed E-state index contributed by atoms with van der Waals surface area (Å²) in [6.45, 7) is 0. The Morgan fingerprint density at radius 2 is 2.33 bits per heavy atom. The average Bonchev–Trinajstić information content (AvgIpc) is 2.17. The summed E-state index contributed by atoms with van der Waals surface area (Å²) < 4.78 is 13.1. The number of nitrogens with one attached hydrogen (secondary N) is 2. The molecule has 0 aliphatic carbocycles. The van der Waals surface area contributed by atoms with E-state index in [0.29, 0.717) is 0 Å². The van der Waals surface area contributed by atoms with Crippen molar-refractivity contribution in [1.29, 1.82) is 5.41 Å². The monoisotopic (exact) mass is 209 g/mol. The van der Waals surface area contributed by atoms with Gasteiger partial charge in [0.05, 0.1) is 11.9 Å². The zero-order valence-electron chi connectivity index (χ0n) is 7.57. The molecule has 0 saturated carbocycles. The molecule has 0 fully saturated rings. The zero-order chi connectivity index (χ0) is 11.3. The van der Waals surface area contributed by atoms with E-state index >= 15 is 0 Å². The van der Waals surface area contributed by atoms with Crippen LogP contribution < -0.4 is 5.43 Å². The second kappa shape index (κ2) is 4.85. The van der Waals surface area contributed by atoms with E-state index in [1.54, 1.807) is 0 Å². The lowest BCUT2D eigenvalue weighted by Gasteiger charge is -2.04. The third-order valence-electron chi connectivity index (χ3n) is 1.56. The van der Waals surface area contributed by atoms with E-state index in [-0.39, 0.29) is 5.69 Å². The summed E-state index contributed by atoms with van der Waals surface area (Å²) in [6, 6.07) is 3.80. The predicted octanol–water partition coefficient (Wildman–Crippen LogP) is 1.57. The molecule has 1 aromatic rings. The van der Waals surface area contributed by atoms with Crippen LogP contribution in [-0.2, 0) is 0 Å². The van der Waals surface area contributed by atoms with Gasteiger partial charge in [0.15, 0.2) is 0 Å². The molecule has 6 heteroatoms. The van der Waals surface area contributed by atoms with E-state index in [9.17, 15) is 9.18 Å². The molecule has 0 atom stereocenters. The number of aromatic carboxylic acids is 1. The van der Waals surface area contributed by atoms with Crippen molar-refractivity contribution in [3.05, 3.63) is 29.6 Å². The Morgan fingerprint density at radius 3 is 2.93 bits per heavy atom. The third kappa shape index (κ3) is 2.60. The first-order chi connectivity index (χ1) is 7.16. The minimum Gasteiger partial charge on any atom is -0.478 e. The lowest BCUT2D eigenvalue weighted by molar-refractivity contribution is 0.0693. The van der Waals surface area contributed by atoms with Crippen LogP contribution in [-0.4, -0.2) is 23.5 Å². The van der Waals surface area contributed by atoms with Crippen LogP contribution in [0.1, 0.15) is 10.4 Å². The summed E-state index contributed by atoms with van der Waals surface area (Å²) in [4.78, 5) is 10.7. The molecular weight excluding hydrogens is 201 g/mol. The van der Waals surface area contributed by atoms with Gasteiger partial charge in [0.25, 0.3) is 0 Å². The summed E-state index contributed by atoms with van der Waals surface area (Å²) in [5.74, 6) is -2.21. The minimum atomic E-state index is -1.37. The molecule has 0 aromatic heterocycles. The maximum Gasteiger partial charge on any atom is 0.340 e. The molecule has 78 valence electrons. The van der Waals surface area contributed by atoms with Crippen molar-refractivity contribution in [3.63, 3.8) is 0 Å². The van der Waals surface area contributed by atoms with Gasteiger partial charge in [-0.05, 0) is 12.1 Å². The normalized spacial score (nSPS) is 10.2. The Hall–Kier alpha value is -2.24. The van der Waals surface area contributed by atoms with Crippen LogP contribution in [0.3, 0.4) is 0 Å². The zero-order valence-corrected chi connectivity index (χ0v) is 7.57. The Balaban J connectivity index is 3.06. The number of nitrogens with zero attached hydrogens (tertiary/aromatic N) is 1. The summed E-state index contributed by atoms with van der Waals surface area (Å²) in [5, 5.41) is 18.9. The molecule has 0 saturated heterocycles. The molecule has 5 nitrogen and oxygen atoms in total. The average molecular weight is 209 g/mol. The molecule has 0 heterocycles. The van der Waals surface area contributed by atoms with E-state index in [1.165, 1.54) is 12.1 Å². The van der Waals surface area contributed by atoms with Gasteiger partial charge in [0, 0.05) is 6.21 Å². The highest BCUT2D eigenvalue weighted by atomic mass is 19.1. The molecule has 1 rings (SSSR count). The summed E-state index contributed by atoms with van der Waals surface area (Å²) in [7, 11) is 0. The number of carboxylic acid groups (broad SMARTS) is 1. The van der Waals surface area contributed by atoms with E-state index < -0.39 is 17.3 Å². The predicted molar refractivity (Wildman–Crippen MR) is 54.3 cm³/mol. The van der Waals surface area contributed by atoms with Crippen LogP contribution in [0.15, 0.2) is 23.3 Å². The molecule has 0 aliphatic heterocycles. The molecule has 0 amide bonds. The van der Waals surface area contributed by atoms with Gasteiger partial charge < -0.3 is 10.5 Å². The smallest absolute Gasteiger partial charge is 0.340 e. The van der Waals surface area contributed by atoms with Crippen LogP contribution in [0.5, 0.6) is 0 Å². The fourth-order valence-electron chi connectivity index (χ4n) is 0.979. The quantitative estimate of drug-likeness (QED) is 0.519.